The van der Waals surface area contributed by atoms with E-state index < -0.39 is 0 Å². The van der Waals surface area contributed by atoms with E-state index in [0.717, 1.165) is 44.2 Å². The maximum absolute atomic E-state index is 12.9. The van der Waals surface area contributed by atoms with Gasteiger partial charge in [0.15, 0.2) is 0 Å². The van der Waals surface area contributed by atoms with Crippen LogP contribution in [0.25, 0.3) is 0 Å². The lowest BCUT2D eigenvalue weighted by Crippen LogP contribution is -2.40. The Kier molecular flexibility index (Phi) is 6.85. The molecular formula is C22H29N3O2. The van der Waals surface area contributed by atoms with Crippen LogP contribution in [-0.2, 0) is 16.1 Å². The molecule has 0 aliphatic carbocycles. The zero-order chi connectivity index (χ0) is 19.1. The normalized spacial score (nSPS) is 14.9. The number of hydrogen-bond donors (Lipinski definition) is 1. The van der Waals surface area contributed by atoms with Crippen LogP contribution in [0.2, 0.25) is 0 Å². The van der Waals surface area contributed by atoms with Crippen molar-refractivity contribution in [2.75, 3.05) is 43.1 Å². The van der Waals surface area contributed by atoms with Gasteiger partial charge in [-0.15, -0.1) is 0 Å². The van der Waals surface area contributed by atoms with Gasteiger partial charge in [-0.25, -0.2) is 0 Å². The average Bonchev–Trinajstić information content (AvgIpc) is 2.69. The summed E-state index contributed by atoms with van der Waals surface area (Å²) in [5, 5.41) is 3.36. The molecule has 27 heavy (non-hydrogen) atoms. The third-order valence-corrected chi connectivity index (χ3v) is 4.76. The highest BCUT2D eigenvalue weighted by Gasteiger charge is 2.19. The highest BCUT2D eigenvalue weighted by atomic mass is 16.5. The van der Waals surface area contributed by atoms with Crippen LogP contribution in [0.15, 0.2) is 54.6 Å². The number of hydrogen-bond acceptors (Lipinski definition) is 4. The second-order valence-corrected chi connectivity index (χ2v) is 7.09. The minimum Gasteiger partial charge on any atom is -0.379 e. The van der Waals surface area contributed by atoms with E-state index in [1.54, 1.807) is 0 Å². The van der Waals surface area contributed by atoms with E-state index in [9.17, 15) is 4.79 Å². The molecule has 1 heterocycles. The van der Waals surface area contributed by atoms with Crippen molar-refractivity contribution in [2.45, 2.75) is 26.4 Å². The largest absolute Gasteiger partial charge is 0.379 e. The van der Waals surface area contributed by atoms with Crippen LogP contribution in [-0.4, -0.2) is 49.7 Å². The van der Waals surface area contributed by atoms with Gasteiger partial charge < -0.3 is 15.0 Å². The molecule has 0 radical (unpaired) electrons. The smallest absolute Gasteiger partial charge is 0.246 e. The summed E-state index contributed by atoms with van der Waals surface area (Å²) >= 11 is 0. The number of rotatable bonds is 7. The number of morpholine rings is 1. The number of benzene rings is 2. The summed E-state index contributed by atoms with van der Waals surface area (Å²) in [4.78, 5) is 17.1. The Morgan fingerprint density at radius 2 is 1.74 bits per heavy atom. The summed E-state index contributed by atoms with van der Waals surface area (Å²) in [5.74, 6) is 0.0670. The lowest BCUT2D eigenvalue weighted by Gasteiger charge is -2.28. The fourth-order valence-corrected chi connectivity index (χ4v) is 3.41. The maximum Gasteiger partial charge on any atom is 0.246 e. The zero-order valence-electron chi connectivity index (χ0n) is 16.2. The zero-order valence-corrected chi connectivity index (χ0v) is 16.2. The number of amides is 1. The lowest BCUT2D eigenvalue weighted by atomic mass is 10.1. The molecule has 1 N–H and O–H groups in total. The predicted molar refractivity (Wildman–Crippen MR) is 110 cm³/mol. The second kappa shape index (κ2) is 9.53. The van der Waals surface area contributed by atoms with Crippen LogP contribution in [0.5, 0.6) is 0 Å². The van der Waals surface area contributed by atoms with Crippen LogP contribution >= 0.6 is 0 Å². The highest BCUT2D eigenvalue weighted by molar-refractivity contribution is 5.96. The van der Waals surface area contributed by atoms with Crippen LogP contribution in [0.3, 0.4) is 0 Å². The molecule has 0 unspecified atom stereocenters. The Bertz CT molecular complexity index is 727. The topological polar surface area (TPSA) is 44.8 Å². The third-order valence-electron chi connectivity index (χ3n) is 4.76. The van der Waals surface area contributed by atoms with Gasteiger partial charge in [0.05, 0.1) is 19.8 Å². The standard InChI is InChI=1S/C22H29N3O2/c1-18(2)25(20-9-4-3-5-10-20)22(26)16-23-21-11-7-6-8-19(21)17-24-12-14-27-15-13-24/h3-11,18,23H,12-17H2,1-2H3. The molecule has 0 aromatic heterocycles. The van der Waals surface area contributed by atoms with Gasteiger partial charge in [0.25, 0.3) is 0 Å². The molecule has 1 saturated heterocycles. The molecule has 1 aliphatic heterocycles. The van der Waals surface area contributed by atoms with Crippen LogP contribution in [0.4, 0.5) is 11.4 Å². The van der Waals surface area contributed by atoms with Gasteiger partial charge in [-0.1, -0.05) is 36.4 Å². The van der Waals surface area contributed by atoms with E-state index in [-0.39, 0.29) is 18.5 Å². The van der Waals surface area contributed by atoms with Crippen molar-refractivity contribution in [1.82, 2.24) is 4.90 Å². The molecule has 1 amide bonds. The molecule has 5 heteroatoms. The van der Waals surface area contributed by atoms with Crippen molar-refractivity contribution >= 4 is 17.3 Å². The summed E-state index contributed by atoms with van der Waals surface area (Å²) in [6.45, 7) is 8.68. The highest BCUT2D eigenvalue weighted by Crippen LogP contribution is 2.20. The fourth-order valence-electron chi connectivity index (χ4n) is 3.41. The number of para-hydroxylation sites is 2. The Morgan fingerprint density at radius 3 is 2.44 bits per heavy atom. The van der Waals surface area contributed by atoms with Crippen molar-refractivity contribution in [3.63, 3.8) is 0 Å². The lowest BCUT2D eigenvalue weighted by molar-refractivity contribution is -0.117. The van der Waals surface area contributed by atoms with Gasteiger partial charge in [-0.05, 0) is 37.6 Å². The quantitative estimate of drug-likeness (QED) is 0.815. The Hall–Kier alpha value is -2.37. The van der Waals surface area contributed by atoms with Gasteiger partial charge in [0.1, 0.15) is 0 Å². The van der Waals surface area contributed by atoms with E-state index in [4.69, 9.17) is 4.74 Å². The molecule has 3 rings (SSSR count). The summed E-state index contributed by atoms with van der Waals surface area (Å²) in [5.41, 5.74) is 3.16. The molecule has 1 aliphatic rings. The van der Waals surface area contributed by atoms with Crippen molar-refractivity contribution in [1.29, 1.82) is 0 Å². The number of ether oxygens (including phenoxy) is 1. The molecular weight excluding hydrogens is 338 g/mol. The molecule has 2 aromatic carbocycles. The van der Waals surface area contributed by atoms with Crippen LogP contribution in [0.1, 0.15) is 19.4 Å². The van der Waals surface area contributed by atoms with Gasteiger partial charge >= 0.3 is 0 Å². The van der Waals surface area contributed by atoms with E-state index in [2.05, 4.69) is 16.3 Å². The monoisotopic (exact) mass is 367 g/mol. The molecule has 0 spiro atoms. The van der Waals surface area contributed by atoms with Gasteiger partial charge in [-0.3, -0.25) is 9.69 Å². The first-order valence-electron chi connectivity index (χ1n) is 9.64. The fraction of sp³-hybridized carbons (Fsp3) is 0.409. The predicted octanol–water partition coefficient (Wildman–Crippen LogP) is 3.37. The minimum atomic E-state index is 0.0670. The molecule has 0 bridgehead atoms. The third kappa shape index (κ3) is 5.31. The number of nitrogens with zero attached hydrogens (tertiary/aromatic N) is 2. The molecule has 0 saturated carbocycles. The van der Waals surface area contributed by atoms with Gasteiger partial charge in [0, 0.05) is 37.1 Å². The SMILES string of the molecule is CC(C)N(C(=O)CNc1ccccc1CN1CCOCC1)c1ccccc1. The Morgan fingerprint density at radius 1 is 1.07 bits per heavy atom. The Labute approximate surface area is 161 Å². The van der Waals surface area contributed by atoms with E-state index in [0.29, 0.717) is 0 Å². The van der Waals surface area contributed by atoms with Gasteiger partial charge in [-0.2, -0.15) is 0 Å². The molecule has 2 aromatic rings. The number of carbonyl (C=O) groups is 1. The van der Waals surface area contributed by atoms with Crippen molar-refractivity contribution < 1.29 is 9.53 Å². The van der Waals surface area contributed by atoms with Crippen LogP contribution < -0.4 is 10.2 Å². The maximum atomic E-state index is 12.9. The number of carbonyl (C=O) groups excluding carboxylic acids is 1. The summed E-state index contributed by atoms with van der Waals surface area (Å²) in [6, 6.07) is 18.2. The number of anilines is 2. The van der Waals surface area contributed by atoms with E-state index >= 15 is 0 Å². The summed E-state index contributed by atoms with van der Waals surface area (Å²) in [7, 11) is 0. The average molecular weight is 367 g/mol. The Balaban J connectivity index is 1.66. The summed E-state index contributed by atoms with van der Waals surface area (Å²) in [6.07, 6.45) is 0. The molecule has 144 valence electrons. The van der Waals surface area contributed by atoms with E-state index in [1.165, 1.54) is 5.56 Å². The van der Waals surface area contributed by atoms with Crippen molar-refractivity contribution in [3.8, 4) is 0 Å². The summed E-state index contributed by atoms with van der Waals surface area (Å²) < 4.78 is 5.43. The first-order valence-corrected chi connectivity index (χ1v) is 9.64. The van der Waals surface area contributed by atoms with Crippen molar-refractivity contribution in [3.05, 3.63) is 60.2 Å². The van der Waals surface area contributed by atoms with Crippen molar-refractivity contribution in [2.24, 2.45) is 0 Å². The molecule has 0 atom stereocenters. The first kappa shape index (κ1) is 19.4. The van der Waals surface area contributed by atoms with E-state index in [1.807, 2.05) is 67.3 Å². The number of nitrogens with one attached hydrogen (secondary N) is 1. The van der Waals surface area contributed by atoms with Gasteiger partial charge in [0.2, 0.25) is 5.91 Å². The molecule has 5 nitrogen and oxygen atoms in total. The first-order chi connectivity index (χ1) is 13.1. The van der Waals surface area contributed by atoms with Crippen LogP contribution in [0, 0.1) is 0 Å². The second-order valence-electron chi connectivity index (χ2n) is 7.09. The minimum absolute atomic E-state index is 0.0670. The molecule has 1 fully saturated rings.